The Hall–Kier alpha value is -1.03. The Morgan fingerprint density at radius 3 is 2.75 bits per heavy atom. The topological polar surface area (TPSA) is 25.4 Å². The van der Waals surface area contributed by atoms with Crippen LogP contribution in [-0.2, 0) is 0 Å². The van der Waals surface area contributed by atoms with Crippen LogP contribution in [0.3, 0.4) is 0 Å². The fraction of sp³-hybridized carbons (Fsp3) is 0.526. The molecule has 0 saturated carbocycles. The highest BCUT2D eigenvalue weighted by molar-refractivity contribution is 6.35. The molecule has 0 unspecified atom stereocenters. The summed E-state index contributed by atoms with van der Waals surface area (Å²) in [7, 11) is 0. The van der Waals surface area contributed by atoms with Gasteiger partial charge in [-0.25, -0.2) is 0 Å². The van der Waals surface area contributed by atoms with Gasteiger partial charge in [-0.05, 0) is 55.3 Å². The third-order valence-electron chi connectivity index (χ3n) is 4.54. The molecule has 0 atom stereocenters. The number of aromatic nitrogens is 1. The van der Waals surface area contributed by atoms with Gasteiger partial charge in [0.05, 0.1) is 5.02 Å². The van der Waals surface area contributed by atoms with Crippen molar-refractivity contribution >= 4 is 34.8 Å². The average molecular weight is 369 g/mol. The summed E-state index contributed by atoms with van der Waals surface area (Å²) in [4.78, 5) is 6.68. The lowest BCUT2D eigenvalue weighted by Crippen LogP contribution is -2.39. The molecule has 0 amide bonds. The molecule has 3 rings (SSSR count). The quantitative estimate of drug-likeness (QED) is 0.724. The Kier molecular flexibility index (Phi) is 7.15. The molecule has 0 N–H and O–H groups in total. The Morgan fingerprint density at radius 1 is 1.29 bits per heavy atom. The van der Waals surface area contributed by atoms with Gasteiger partial charge in [-0.1, -0.05) is 25.4 Å². The second-order valence-corrected chi connectivity index (χ2v) is 7.25. The molecule has 1 saturated heterocycles. The number of hydrogen-bond donors (Lipinski definition) is 0. The minimum absolute atomic E-state index is 0. The third kappa shape index (κ3) is 4.98. The number of hydrogen-bond acceptors (Lipinski definition) is 3. The van der Waals surface area contributed by atoms with Crippen LogP contribution in [0.2, 0.25) is 5.02 Å². The first kappa shape index (κ1) is 19.3. The monoisotopic (exact) mass is 368 g/mol. The first-order chi connectivity index (χ1) is 11.1. The van der Waals surface area contributed by atoms with E-state index in [2.05, 4.69) is 29.8 Å². The van der Waals surface area contributed by atoms with Crippen LogP contribution >= 0.6 is 24.0 Å². The van der Waals surface area contributed by atoms with E-state index in [0.717, 1.165) is 48.4 Å². The molecule has 5 heteroatoms. The third-order valence-corrected chi connectivity index (χ3v) is 4.85. The van der Waals surface area contributed by atoms with Crippen molar-refractivity contribution in [2.75, 3.05) is 19.6 Å². The maximum atomic E-state index is 6.35. The van der Waals surface area contributed by atoms with Crippen molar-refractivity contribution in [2.24, 2.45) is 5.92 Å². The zero-order valence-corrected chi connectivity index (χ0v) is 15.9. The summed E-state index contributed by atoms with van der Waals surface area (Å²) in [6.07, 6.45) is 7.33. The molecule has 1 aliphatic rings. The van der Waals surface area contributed by atoms with Crippen LogP contribution in [0.1, 0.15) is 33.1 Å². The maximum Gasteiger partial charge on any atom is 0.121 e. The largest absolute Gasteiger partial charge is 0.490 e. The van der Waals surface area contributed by atoms with Crippen LogP contribution < -0.4 is 4.74 Å². The second kappa shape index (κ2) is 8.89. The van der Waals surface area contributed by atoms with E-state index in [1.807, 2.05) is 12.1 Å². The van der Waals surface area contributed by atoms with Gasteiger partial charge in [0.1, 0.15) is 11.9 Å². The molecule has 1 aliphatic heterocycles. The highest BCUT2D eigenvalue weighted by atomic mass is 35.5. The Balaban J connectivity index is 0.00000208. The van der Waals surface area contributed by atoms with E-state index >= 15 is 0 Å². The Morgan fingerprint density at radius 2 is 2.04 bits per heavy atom. The number of likely N-dealkylation sites (tertiary alicyclic amines) is 1. The molecule has 24 heavy (non-hydrogen) atoms. The van der Waals surface area contributed by atoms with Gasteiger partial charge in [-0.15, -0.1) is 12.4 Å². The van der Waals surface area contributed by atoms with E-state index in [1.54, 1.807) is 12.4 Å². The lowest BCUT2D eigenvalue weighted by molar-refractivity contribution is 0.0981. The van der Waals surface area contributed by atoms with Gasteiger partial charge >= 0.3 is 0 Å². The van der Waals surface area contributed by atoms with Crippen LogP contribution in [0.15, 0.2) is 30.6 Å². The average Bonchev–Trinajstić information content (AvgIpc) is 2.54. The Labute approximate surface area is 155 Å². The molecule has 1 aromatic carbocycles. The van der Waals surface area contributed by atoms with Crippen molar-refractivity contribution in [3.8, 4) is 5.75 Å². The number of rotatable bonds is 5. The number of piperidine rings is 1. The molecule has 1 fully saturated rings. The standard InChI is InChI=1S/C19H25ClN2O.ClH/c1-14(2)4-8-22-9-5-16(6-10-22)23-17-11-15-3-7-21-13-18(15)19(20)12-17;/h3,7,11-14,16H,4-6,8-10H2,1-2H3;1H. The van der Waals surface area contributed by atoms with Gasteiger partial charge in [0.15, 0.2) is 0 Å². The fourth-order valence-electron chi connectivity index (χ4n) is 3.08. The van der Waals surface area contributed by atoms with E-state index < -0.39 is 0 Å². The molecule has 3 nitrogen and oxygen atoms in total. The highest BCUT2D eigenvalue weighted by Gasteiger charge is 2.20. The molecular weight excluding hydrogens is 343 g/mol. The van der Waals surface area contributed by atoms with Gasteiger partial charge in [-0.2, -0.15) is 0 Å². The van der Waals surface area contributed by atoms with Crippen LogP contribution in [0, 0.1) is 5.92 Å². The second-order valence-electron chi connectivity index (χ2n) is 6.84. The minimum Gasteiger partial charge on any atom is -0.490 e. The summed E-state index contributed by atoms with van der Waals surface area (Å²) >= 11 is 6.35. The number of fused-ring (bicyclic) bond motifs is 1. The lowest BCUT2D eigenvalue weighted by Gasteiger charge is -2.32. The molecule has 0 aliphatic carbocycles. The molecular formula is C19H26Cl2N2O. The normalized spacial score (nSPS) is 16.3. The van der Waals surface area contributed by atoms with Gasteiger partial charge in [0, 0.05) is 30.9 Å². The molecule has 2 heterocycles. The highest BCUT2D eigenvalue weighted by Crippen LogP contribution is 2.30. The summed E-state index contributed by atoms with van der Waals surface area (Å²) < 4.78 is 6.19. The number of pyridine rings is 1. The SMILES string of the molecule is CC(C)CCN1CCC(Oc2cc(Cl)c3cnccc3c2)CC1.Cl. The molecule has 0 radical (unpaired) electrons. The number of benzene rings is 1. The van der Waals surface area contributed by atoms with Crippen molar-refractivity contribution in [3.63, 3.8) is 0 Å². The zero-order chi connectivity index (χ0) is 16.2. The number of nitrogens with zero attached hydrogens (tertiary/aromatic N) is 2. The van der Waals surface area contributed by atoms with Crippen LogP contribution in [-0.4, -0.2) is 35.6 Å². The summed E-state index contributed by atoms with van der Waals surface area (Å²) in [5.41, 5.74) is 0. The predicted octanol–water partition coefficient (Wildman–Crippen LogP) is 5.20. The minimum atomic E-state index is 0. The van der Waals surface area contributed by atoms with Gasteiger partial charge in [-0.3, -0.25) is 4.98 Å². The van der Waals surface area contributed by atoms with Crippen LogP contribution in [0.5, 0.6) is 5.75 Å². The van der Waals surface area contributed by atoms with Crippen molar-refractivity contribution in [3.05, 3.63) is 35.6 Å². The van der Waals surface area contributed by atoms with Crippen molar-refractivity contribution in [1.29, 1.82) is 0 Å². The lowest BCUT2D eigenvalue weighted by atomic mass is 10.1. The number of ether oxygens (including phenoxy) is 1. The van der Waals surface area contributed by atoms with Crippen LogP contribution in [0.25, 0.3) is 10.8 Å². The van der Waals surface area contributed by atoms with E-state index in [4.69, 9.17) is 16.3 Å². The molecule has 2 aromatic rings. The molecule has 1 aromatic heterocycles. The van der Waals surface area contributed by atoms with Crippen molar-refractivity contribution in [2.45, 2.75) is 39.2 Å². The summed E-state index contributed by atoms with van der Waals surface area (Å²) in [6, 6.07) is 5.95. The Bertz CT molecular complexity index is 655. The molecule has 132 valence electrons. The molecule has 0 bridgehead atoms. The summed E-state index contributed by atoms with van der Waals surface area (Å²) in [5.74, 6) is 1.65. The molecule has 0 spiro atoms. The summed E-state index contributed by atoms with van der Waals surface area (Å²) in [5, 5.41) is 2.77. The predicted molar refractivity (Wildman–Crippen MR) is 104 cm³/mol. The van der Waals surface area contributed by atoms with Crippen molar-refractivity contribution in [1.82, 2.24) is 9.88 Å². The van der Waals surface area contributed by atoms with Crippen LogP contribution in [0.4, 0.5) is 0 Å². The van der Waals surface area contributed by atoms with Gasteiger partial charge in [0.25, 0.3) is 0 Å². The zero-order valence-electron chi connectivity index (χ0n) is 14.4. The van der Waals surface area contributed by atoms with E-state index in [1.165, 1.54) is 13.0 Å². The fourth-order valence-corrected chi connectivity index (χ4v) is 3.35. The van der Waals surface area contributed by atoms with Gasteiger partial charge < -0.3 is 9.64 Å². The van der Waals surface area contributed by atoms with E-state index in [9.17, 15) is 0 Å². The number of halogens is 2. The van der Waals surface area contributed by atoms with Gasteiger partial charge in [0.2, 0.25) is 0 Å². The van der Waals surface area contributed by atoms with E-state index in [-0.39, 0.29) is 12.4 Å². The first-order valence-electron chi connectivity index (χ1n) is 8.54. The smallest absolute Gasteiger partial charge is 0.121 e. The summed E-state index contributed by atoms with van der Waals surface area (Å²) in [6.45, 7) is 8.04. The van der Waals surface area contributed by atoms with E-state index in [0.29, 0.717) is 11.1 Å². The maximum absolute atomic E-state index is 6.35. The van der Waals surface area contributed by atoms with Crippen molar-refractivity contribution < 1.29 is 4.74 Å². The first-order valence-corrected chi connectivity index (χ1v) is 8.92.